The molecule has 0 aliphatic rings. The van der Waals surface area contributed by atoms with Gasteiger partial charge in [0, 0.05) is 30.4 Å². The zero-order valence-corrected chi connectivity index (χ0v) is 15.3. The third kappa shape index (κ3) is 4.35. The molecule has 2 heterocycles. The van der Waals surface area contributed by atoms with Crippen molar-refractivity contribution in [2.75, 3.05) is 0 Å². The van der Waals surface area contributed by atoms with Gasteiger partial charge >= 0.3 is 0 Å². The number of hydrogen-bond donors (Lipinski definition) is 1. The van der Waals surface area contributed by atoms with Crippen LogP contribution in [0.1, 0.15) is 27.5 Å². The normalized spacial score (nSPS) is 11.9. The largest absolute Gasteiger partial charge is 0.343 e. The summed E-state index contributed by atoms with van der Waals surface area (Å²) in [5.41, 5.74) is 2.70. The Morgan fingerprint density at radius 3 is 2.36 bits per heavy atom. The molecule has 0 aliphatic heterocycles. The average Bonchev–Trinajstić information content (AvgIpc) is 3.43. The minimum absolute atomic E-state index is 0.108. The summed E-state index contributed by atoms with van der Waals surface area (Å²) in [6.45, 7) is 1.19. The van der Waals surface area contributed by atoms with Crippen molar-refractivity contribution in [3.8, 4) is 0 Å². The Morgan fingerprint density at radius 2 is 1.64 bits per heavy atom. The van der Waals surface area contributed by atoms with Crippen molar-refractivity contribution >= 4 is 5.91 Å². The fourth-order valence-electron chi connectivity index (χ4n) is 3.15. The second-order valence-electron chi connectivity index (χ2n) is 6.57. The summed E-state index contributed by atoms with van der Waals surface area (Å²) in [6, 6.07) is 21.2. The van der Waals surface area contributed by atoms with Crippen molar-refractivity contribution < 1.29 is 4.79 Å². The lowest BCUT2D eigenvalue weighted by atomic mass is 10.1. The fraction of sp³-hybridized carbons (Fsp3) is 0.136. The minimum Gasteiger partial charge on any atom is -0.343 e. The lowest BCUT2D eigenvalue weighted by Gasteiger charge is -2.19. The van der Waals surface area contributed by atoms with E-state index in [1.807, 2.05) is 88.5 Å². The van der Waals surface area contributed by atoms with Gasteiger partial charge in [0.05, 0.1) is 19.1 Å². The van der Waals surface area contributed by atoms with Crippen LogP contribution in [-0.4, -0.2) is 25.5 Å². The Kier molecular flexibility index (Phi) is 5.29. The molecule has 1 unspecified atom stereocenters. The molecule has 4 aromatic rings. The molecule has 28 heavy (non-hydrogen) atoms. The van der Waals surface area contributed by atoms with Crippen LogP contribution in [0.25, 0.3) is 0 Å². The second-order valence-corrected chi connectivity index (χ2v) is 6.57. The maximum atomic E-state index is 12.9. The van der Waals surface area contributed by atoms with Crippen LogP contribution in [0.15, 0.2) is 91.5 Å². The molecule has 1 N–H and O–H groups in total. The molecule has 0 spiro atoms. The van der Waals surface area contributed by atoms with Crippen LogP contribution in [-0.2, 0) is 13.1 Å². The summed E-state index contributed by atoms with van der Waals surface area (Å²) in [7, 11) is 0. The standard InChI is InChI=1S/C22H21N5O/c28-22(20-10-4-7-18(15-20)16-26-13-5-11-23-26)25-21(17-27-14-6-12-24-27)19-8-2-1-3-9-19/h1-15,21H,16-17H2,(H,25,28). The highest BCUT2D eigenvalue weighted by molar-refractivity contribution is 5.94. The summed E-state index contributed by atoms with van der Waals surface area (Å²) in [6.07, 6.45) is 7.29. The number of amides is 1. The van der Waals surface area contributed by atoms with Gasteiger partial charge in [-0.3, -0.25) is 14.2 Å². The molecule has 0 saturated carbocycles. The number of hydrogen-bond acceptors (Lipinski definition) is 3. The number of rotatable bonds is 7. The first-order valence-electron chi connectivity index (χ1n) is 9.17. The first-order chi connectivity index (χ1) is 13.8. The molecule has 1 atom stereocenters. The molecule has 1 amide bonds. The smallest absolute Gasteiger partial charge is 0.251 e. The molecule has 6 nitrogen and oxygen atoms in total. The predicted octanol–water partition coefficient (Wildman–Crippen LogP) is 3.30. The number of carbonyl (C=O) groups excluding carboxylic acids is 1. The quantitative estimate of drug-likeness (QED) is 0.542. The summed E-state index contributed by atoms with van der Waals surface area (Å²) in [4.78, 5) is 12.9. The molecule has 6 heteroatoms. The first kappa shape index (κ1) is 17.7. The van der Waals surface area contributed by atoms with Crippen molar-refractivity contribution in [2.24, 2.45) is 0 Å². The molecule has 0 aliphatic carbocycles. The van der Waals surface area contributed by atoms with Crippen molar-refractivity contribution in [2.45, 2.75) is 19.1 Å². The third-order valence-corrected chi connectivity index (χ3v) is 4.53. The van der Waals surface area contributed by atoms with Gasteiger partial charge in [0.2, 0.25) is 0 Å². The van der Waals surface area contributed by atoms with E-state index in [4.69, 9.17) is 0 Å². The van der Waals surface area contributed by atoms with Crippen LogP contribution in [0.5, 0.6) is 0 Å². The van der Waals surface area contributed by atoms with Gasteiger partial charge in [-0.2, -0.15) is 10.2 Å². The highest BCUT2D eigenvalue weighted by Crippen LogP contribution is 2.16. The maximum absolute atomic E-state index is 12.9. The Morgan fingerprint density at radius 1 is 0.893 bits per heavy atom. The number of aromatic nitrogens is 4. The first-order valence-corrected chi connectivity index (χ1v) is 9.17. The molecular formula is C22H21N5O. The molecule has 2 aromatic carbocycles. The van der Waals surface area contributed by atoms with Gasteiger partial charge in [-0.25, -0.2) is 0 Å². The molecular weight excluding hydrogens is 350 g/mol. The Bertz CT molecular complexity index is 1010. The second kappa shape index (κ2) is 8.35. The highest BCUT2D eigenvalue weighted by Gasteiger charge is 2.17. The topological polar surface area (TPSA) is 64.7 Å². The number of nitrogens with zero attached hydrogens (tertiary/aromatic N) is 4. The van der Waals surface area contributed by atoms with Gasteiger partial charge in [0.15, 0.2) is 0 Å². The van der Waals surface area contributed by atoms with Crippen molar-refractivity contribution in [3.63, 3.8) is 0 Å². The SMILES string of the molecule is O=C(NC(Cn1cccn1)c1ccccc1)c1cccc(Cn2cccn2)c1. The van der Waals surface area contributed by atoms with Crippen molar-refractivity contribution in [1.82, 2.24) is 24.9 Å². The van der Waals surface area contributed by atoms with E-state index >= 15 is 0 Å². The van der Waals surface area contributed by atoms with E-state index in [1.165, 1.54) is 0 Å². The molecule has 4 rings (SSSR count). The average molecular weight is 371 g/mol. The van der Waals surface area contributed by atoms with E-state index in [0.717, 1.165) is 11.1 Å². The summed E-state index contributed by atoms with van der Waals surface area (Å²) in [5, 5.41) is 11.6. The van der Waals surface area contributed by atoms with Crippen LogP contribution >= 0.6 is 0 Å². The van der Waals surface area contributed by atoms with Crippen LogP contribution in [0.4, 0.5) is 0 Å². The van der Waals surface area contributed by atoms with E-state index in [1.54, 1.807) is 12.4 Å². The Labute approximate surface area is 163 Å². The summed E-state index contributed by atoms with van der Waals surface area (Å²) in [5.74, 6) is -0.108. The minimum atomic E-state index is -0.177. The summed E-state index contributed by atoms with van der Waals surface area (Å²) >= 11 is 0. The molecule has 0 fully saturated rings. The molecule has 2 aromatic heterocycles. The van der Waals surface area contributed by atoms with E-state index in [-0.39, 0.29) is 11.9 Å². The van der Waals surface area contributed by atoms with Crippen LogP contribution in [0.3, 0.4) is 0 Å². The maximum Gasteiger partial charge on any atom is 0.251 e. The van der Waals surface area contributed by atoms with E-state index in [0.29, 0.717) is 18.7 Å². The van der Waals surface area contributed by atoms with Crippen molar-refractivity contribution in [3.05, 3.63) is 108 Å². The van der Waals surface area contributed by atoms with Gasteiger partial charge < -0.3 is 5.32 Å². The summed E-state index contributed by atoms with van der Waals surface area (Å²) < 4.78 is 3.66. The zero-order chi connectivity index (χ0) is 19.2. The van der Waals surface area contributed by atoms with Gasteiger partial charge in [-0.15, -0.1) is 0 Å². The number of nitrogens with one attached hydrogen (secondary N) is 1. The monoisotopic (exact) mass is 371 g/mol. The molecule has 140 valence electrons. The van der Waals surface area contributed by atoms with Gasteiger partial charge in [0.1, 0.15) is 0 Å². The van der Waals surface area contributed by atoms with E-state index in [2.05, 4.69) is 15.5 Å². The number of benzene rings is 2. The lowest BCUT2D eigenvalue weighted by Crippen LogP contribution is -2.31. The van der Waals surface area contributed by atoms with E-state index < -0.39 is 0 Å². The Hall–Kier alpha value is -3.67. The number of carbonyl (C=O) groups is 1. The fourth-order valence-corrected chi connectivity index (χ4v) is 3.15. The van der Waals surface area contributed by atoms with Gasteiger partial charge in [-0.1, -0.05) is 42.5 Å². The van der Waals surface area contributed by atoms with E-state index in [9.17, 15) is 4.79 Å². The van der Waals surface area contributed by atoms with Gasteiger partial charge in [-0.05, 0) is 35.4 Å². The molecule has 0 saturated heterocycles. The highest BCUT2D eigenvalue weighted by atomic mass is 16.1. The van der Waals surface area contributed by atoms with Crippen LogP contribution < -0.4 is 5.32 Å². The van der Waals surface area contributed by atoms with Crippen LogP contribution in [0.2, 0.25) is 0 Å². The Balaban J connectivity index is 1.52. The van der Waals surface area contributed by atoms with Crippen molar-refractivity contribution in [1.29, 1.82) is 0 Å². The lowest BCUT2D eigenvalue weighted by molar-refractivity contribution is 0.0931. The molecule has 0 radical (unpaired) electrons. The zero-order valence-electron chi connectivity index (χ0n) is 15.3. The van der Waals surface area contributed by atoms with Crippen LogP contribution in [0, 0.1) is 0 Å². The molecule has 0 bridgehead atoms. The third-order valence-electron chi connectivity index (χ3n) is 4.53. The van der Waals surface area contributed by atoms with Gasteiger partial charge in [0.25, 0.3) is 5.91 Å². The predicted molar refractivity (Wildman–Crippen MR) is 107 cm³/mol.